The van der Waals surface area contributed by atoms with Crippen LogP contribution in [0.5, 0.6) is 5.75 Å². The molecule has 122 valence electrons. The predicted octanol–water partition coefficient (Wildman–Crippen LogP) is 1.37. The van der Waals surface area contributed by atoms with Crippen molar-refractivity contribution in [2.75, 3.05) is 17.1 Å². The molecule has 1 heterocycles. The van der Waals surface area contributed by atoms with Crippen LogP contribution in [0, 0.1) is 5.92 Å². The van der Waals surface area contributed by atoms with Crippen LogP contribution in [0.25, 0.3) is 0 Å². The number of rotatable bonds is 4. The number of amides is 1. The lowest BCUT2D eigenvalue weighted by Gasteiger charge is -2.34. The summed E-state index contributed by atoms with van der Waals surface area (Å²) in [6.07, 6.45) is 0.270. The summed E-state index contributed by atoms with van der Waals surface area (Å²) in [6, 6.07) is 6.80. The minimum atomic E-state index is -3.48. The van der Waals surface area contributed by atoms with Crippen LogP contribution in [0.15, 0.2) is 24.3 Å². The Labute approximate surface area is 131 Å². The molecule has 22 heavy (non-hydrogen) atoms. The molecule has 0 spiro atoms. The first-order valence-electron chi connectivity index (χ1n) is 7.24. The van der Waals surface area contributed by atoms with Gasteiger partial charge in [0.05, 0.1) is 18.5 Å². The van der Waals surface area contributed by atoms with E-state index in [1.54, 1.807) is 24.3 Å². The third-order valence-electron chi connectivity index (χ3n) is 3.80. The summed E-state index contributed by atoms with van der Waals surface area (Å²) in [6.45, 7) is 5.90. The van der Waals surface area contributed by atoms with Gasteiger partial charge in [0.25, 0.3) is 5.91 Å². The number of para-hydroxylation sites is 2. The molecule has 7 heteroatoms. The zero-order valence-corrected chi connectivity index (χ0v) is 14.1. The number of benzene rings is 1. The molecule has 0 unspecified atom stereocenters. The van der Waals surface area contributed by atoms with Crippen molar-refractivity contribution in [3.8, 4) is 5.75 Å². The van der Waals surface area contributed by atoms with Crippen LogP contribution in [0.3, 0.4) is 0 Å². The number of sulfonamides is 1. The van der Waals surface area contributed by atoms with E-state index in [-0.39, 0.29) is 24.4 Å². The second-order valence-corrected chi connectivity index (χ2v) is 7.82. The normalized spacial score (nSPS) is 19.3. The van der Waals surface area contributed by atoms with Crippen molar-refractivity contribution >= 4 is 21.6 Å². The molecule has 1 aromatic carbocycles. The van der Waals surface area contributed by atoms with Gasteiger partial charge in [-0.2, -0.15) is 0 Å². The maximum absolute atomic E-state index is 12.3. The SMILES string of the molecule is CC(C)[C@H](C)NC(=O)[C@H]1CN(S(C)(=O)=O)c2ccccc2O1. The lowest BCUT2D eigenvalue weighted by Crippen LogP contribution is -2.52. The molecule has 1 aliphatic heterocycles. The van der Waals surface area contributed by atoms with Crippen LogP contribution in [0.2, 0.25) is 0 Å². The Morgan fingerprint density at radius 1 is 1.32 bits per heavy atom. The van der Waals surface area contributed by atoms with E-state index in [1.165, 1.54) is 4.31 Å². The Morgan fingerprint density at radius 3 is 2.55 bits per heavy atom. The van der Waals surface area contributed by atoms with E-state index in [1.807, 2.05) is 20.8 Å². The second kappa shape index (κ2) is 6.16. The molecule has 0 saturated heterocycles. The molecule has 6 nitrogen and oxygen atoms in total. The van der Waals surface area contributed by atoms with Gasteiger partial charge in [-0.25, -0.2) is 8.42 Å². The first-order chi connectivity index (χ1) is 10.2. The molecule has 0 aliphatic carbocycles. The fraction of sp³-hybridized carbons (Fsp3) is 0.533. The molecule has 0 radical (unpaired) electrons. The van der Waals surface area contributed by atoms with Crippen molar-refractivity contribution in [1.82, 2.24) is 5.32 Å². The average molecular weight is 326 g/mol. The number of anilines is 1. The Balaban J connectivity index is 2.26. The van der Waals surface area contributed by atoms with Gasteiger partial charge < -0.3 is 10.1 Å². The van der Waals surface area contributed by atoms with Crippen LogP contribution in [-0.2, 0) is 14.8 Å². The number of carbonyl (C=O) groups excluding carboxylic acids is 1. The molecule has 2 atom stereocenters. The lowest BCUT2D eigenvalue weighted by molar-refractivity contribution is -0.128. The molecule has 0 fully saturated rings. The van der Waals surface area contributed by atoms with Gasteiger partial charge in [0.2, 0.25) is 10.0 Å². The number of nitrogens with zero attached hydrogens (tertiary/aromatic N) is 1. The second-order valence-electron chi connectivity index (χ2n) is 5.91. The van der Waals surface area contributed by atoms with Crippen molar-refractivity contribution in [2.45, 2.75) is 32.9 Å². The van der Waals surface area contributed by atoms with Crippen molar-refractivity contribution in [2.24, 2.45) is 5.92 Å². The average Bonchev–Trinajstić information content (AvgIpc) is 2.44. The zero-order valence-electron chi connectivity index (χ0n) is 13.2. The van der Waals surface area contributed by atoms with E-state index < -0.39 is 16.1 Å². The van der Waals surface area contributed by atoms with Gasteiger partial charge in [-0.1, -0.05) is 26.0 Å². The number of fused-ring (bicyclic) bond motifs is 1. The van der Waals surface area contributed by atoms with Gasteiger partial charge in [0.15, 0.2) is 6.10 Å². The largest absolute Gasteiger partial charge is 0.476 e. The summed E-state index contributed by atoms with van der Waals surface area (Å²) in [5.41, 5.74) is 0.464. The molecule has 0 saturated carbocycles. The molecule has 1 aromatic rings. The van der Waals surface area contributed by atoms with Gasteiger partial charge in [-0.3, -0.25) is 9.10 Å². The van der Waals surface area contributed by atoms with Crippen molar-refractivity contribution < 1.29 is 17.9 Å². The van der Waals surface area contributed by atoms with Gasteiger partial charge in [-0.05, 0) is 25.0 Å². The third-order valence-corrected chi connectivity index (χ3v) is 4.94. The molecule has 0 aromatic heterocycles. The Morgan fingerprint density at radius 2 is 1.95 bits per heavy atom. The highest BCUT2D eigenvalue weighted by atomic mass is 32.2. The fourth-order valence-electron chi connectivity index (χ4n) is 2.14. The lowest BCUT2D eigenvalue weighted by atomic mass is 10.1. The minimum Gasteiger partial charge on any atom is -0.476 e. The molecule has 1 amide bonds. The van der Waals surface area contributed by atoms with E-state index in [9.17, 15) is 13.2 Å². The summed E-state index contributed by atoms with van der Waals surface area (Å²) < 4.78 is 30.9. The monoisotopic (exact) mass is 326 g/mol. The van der Waals surface area contributed by atoms with E-state index in [0.29, 0.717) is 11.4 Å². The highest BCUT2D eigenvalue weighted by Crippen LogP contribution is 2.34. The first-order valence-corrected chi connectivity index (χ1v) is 9.08. The molecule has 1 aliphatic rings. The van der Waals surface area contributed by atoms with Gasteiger partial charge in [0, 0.05) is 6.04 Å². The highest BCUT2D eigenvalue weighted by molar-refractivity contribution is 7.92. The van der Waals surface area contributed by atoms with E-state index >= 15 is 0 Å². The van der Waals surface area contributed by atoms with Crippen LogP contribution >= 0.6 is 0 Å². The maximum Gasteiger partial charge on any atom is 0.263 e. The smallest absolute Gasteiger partial charge is 0.263 e. The van der Waals surface area contributed by atoms with E-state index in [0.717, 1.165) is 6.26 Å². The molecular formula is C15H22N2O4S. The Bertz CT molecular complexity index is 657. The fourth-order valence-corrected chi connectivity index (χ4v) is 3.05. The van der Waals surface area contributed by atoms with Crippen molar-refractivity contribution in [3.63, 3.8) is 0 Å². The van der Waals surface area contributed by atoms with E-state index in [4.69, 9.17) is 4.74 Å². The van der Waals surface area contributed by atoms with E-state index in [2.05, 4.69) is 5.32 Å². The molecule has 2 rings (SSSR count). The van der Waals surface area contributed by atoms with Crippen LogP contribution in [0.1, 0.15) is 20.8 Å². The number of ether oxygens (including phenoxy) is 1. The van der Waals surface area contributed by atoms with Crippen LogP contribution in [-0.4, -0.2) is 39.3 Å². The summed E-state index contributed by atoms with van der Waals surface area (Å²) in [4.78, 5) is 12.3. The topological polar surface area (TPSA) is 75.7 Å². The van der Waals surface area contributed by atoms with Gasteiger partial charge in [0.1, 0.15) is 5.75 Å². The highest BCUT2D eigenvalue weighted by Gasteiger charge is 2.35. The standard InChI is InChI=1S/C15H22N2O4S/c1-10(2)11(3)16-15(18)14-9-17(22(4,19)20)12-7-5-6-8-13(12)21-14/h5-8,10-11,14H,9H2,1-4H3,(H,16,18)/t11-,14+/m0/s1. The Hall–Kier alpha value is -1.76. The number of nitrogens with one attached hydrogen (secondary N) is 1. The third kappa shape index (κ3) is 3.52. The quantitative estimate of drug-likeness (QED) is 0.907. The molecule has 0 bridgehead atoms. The first kappa shape index (κ1) is 16.6. The maximum atomic E-state index is 12.3. The summed E-state index contributed by atoms with van der Waals surface area (Å²) >= 11 is 0. The van der Waals surface area contributed by atoms with Crippen molar-refractivity contribution in [3.05, 3.63) is 24.3 Å². The van der Waals surface area contributed by atoms with Gasteiger partial charge >= 0.3 is 0 Å². The van der Waals surface area contributed by atoms with Gasteiger partial charge in [-0.15, -0.1) is 0 Å². The number of hydrogen-bond donors (Lipinski definition) is 1. The van der Waals surface area contributed by atoms with Crippen LogP contribution < -0.4 is 14.4 Å². The summed E-state index contributed by atoms with van der Waals surface area (Å²) in [5, 5.41) is 2.87. The Kier molecular flexibility index (Phi) is 4.65. The predicted molar refractivity (Wildman–Crippen MR) is 85.5 cm³/mol. The molecule has 1 N–H and O–H groups in total. The minimum absolute atomic E-state index is 0.0139. The van der Waals surface area contributed by atoms with Crippen LogP contribution in [0.4, 0.5) is 5.69 Å². The number of hydrogen-bond acceptors (Lipinski definition) is 4. The number of carbonyl (C=O) groups is 1. The summed E-state index contributed by atoms with van der Waals surface area (Å²) in [5.74, 6) is 0.381. The van der Waals surface area contributed by atoms with Crippen molar-refractivity contribution in [1.29, 1.82) is 0 Å². The zero-order chi connectivity index (χ0) is 16.5. The molecular weight excluding hydrogens is 304 g/mol. The summed E-state index contributed by atoms with van der Waals surface area (Å²) in [7, 11) is -3.48.